The number of aryl methyl sites for hydroxylation is 2. The van der Waals surface area contributed by atoms with Gasteiger partial charge < -0.3 is 14.7 Å². The fourth-order valence-electron chi connectivity index (χ4n) is 4.06. The lowest BCUT2D eigenvalue weighted by molar-refractivity contribution is 0.0726. The molecule has 2 fully saturated rings. The molecule has 1 atom stereocenters. The van der Waals surface area contributed by atoms with E-state index in [2.05, 4.69) is 38.9 Å². The van der Waals surface area contributed by atoms with E-state index < -0.39 is 0 Å². The fourth-order valence-corrected chi connectivity index (χ4v) is 4.06. The van der Waals surface area contributed by atoms with Gasteiger partial charge in [0.05, 0.1) is 23.6 Å². The number of hydrogen-bond donors (Lipinski definition) is 0. The van der Waals surface area contributed by atoms with Crippen LogP contribution in [0.4, 0.5) is 5.69 Å². The van der Waals surface area contributed by atoms with E-state index in [4.69, 9.17) is 4.98 Å². The van der Waals surface area contributed by atoms with Gasteiger partial charge in [-0.2, -0.15) is 0 Å². The molecule has 2 aromatic rings. The van der Waals surface area contributed by atoms with Crippen LogP contribution in [0, 0.1) is 13.8 Å². The van der Waals surface area contributed by atoms with Crippen LogP contribution < -0.4 is 4.90 Å². The molecule has 2 aromatic heterocycles. The lowest BCUT2D eigenvalue weighted by Gasteiger charge is -2.34. The number of pyridine rings is 1. The van der Waals surface area contributed by atoms with Gasteiger partial charge in [-0.1, -0.05) is 0 Å². The number of likely N-dealkylation sites (N-methyl/N-ethyl adjacent to an activating group) is 1. The van der Waals surface area contributed by atoms with Gasteiger partial charge in [0, 0.05) is 50.3 Å². The minimum absolute atomic E-state index is 0.00159. The maximum Gasteiger partial charge on any atom is 0.274 e. The van der Waals surface area contributed by atoms with E-state index in [1.54, 1.807) is 12.4 Å². The molecule has 0 bridgehead atoms. The van der Waals surface area contributed by atoms with E-state index >= 15 is 0 Å². The van der Waals surface area contributed by atoms with Crippen LogP contribution in [0.25, 0.3) is 0 Å². The van der Waals surface area contributed by atoms with Crippen molar-refractivity contribution in [2.24, 2.45) is 0 Å². The molecular weight excluding hydrogens is 352 g/mol. The fraction of sp³-hybridized carbons (Fsp3) is 0.524. The van der Waals surface area contributed by atoms with Gasteiger partial charge in [-0.15, -0.1) is 0 Å². The van der Waals surface area contributed by atoms with Crippen LogP contribution in [-0.2, 0) is 0 Å². The zero-order chi connectivity index (χ0) is 19.7. The summed E-state index contributed by atoms with van der Waals surface area (Å²) in [7, 11) is 2.16. The Morgan fingerprint density at radius 1 is 1.00 bits per heavy atom. The van der Waals surface area contributed by atoms with Gasteiger partial charge in [0.2, 0.25) is 0 Å². The van der Waals surface area contributed by atoms with Gasteiger partial charge in [0.25, 0.3) is 5.91 Å². The highest BCUT2D eigenvalue weighted by Crippen LogP contribution is 2.34. The number of aromatic nitrogens is 3. The molecule has 2 saturated heterocycles. The molecule has 1 amide bonds. The Kier molecular flexibility index (Phi) is 5.26. The van der Waals surface area contributed by atoms with Crippen molar-refractivity contribution in [3.63, 3.8) is 0 Å². The van der Waals surface area contributed by atoms with Crippen LogP contribution in [0.3, 0.4) is 0 Å². The normalized spacial score (nSPS) is 20.6. The predicted octanol–water partition coefficient (Wildman–Crippen LogP) is 2.22. The lowest BCUT2D eigenvalue weighted by Crippen LogP contribution is -2.44. The molecule has 0 aromatic carbocycles. The van der Waals surface area contributed by atoms with Crippen molar-refractivity contribution < 1.29 is 4.79 Å². The number of nitrogens with zero attached hydrogens (tertiary/aromatic N) is 6. The van der Waals surface area contributed by atoms with Crippen LogP contribution in [0.15, 0.2) is 24.5 Å². The Morgan fingerprint density at radius 2 is 1.79 bits per heavy atom. The number of carbonyl (C=O) groups excluding carboxylic acids is 1. The van der Waals surface area contributed by atoms with Crippen LogP contribution in [-0.4, -0.2) is 70.4 Å². The van der Waals surface area contributed by atoms with Gasteiger partial charge in [-0.25, -0.2) is 4.98 Å². The Labute approximate surface area is 166 Å². The molecule has 0 radical (unpaired) electrons. The molecule has 2 aliphatic rings. The van der Waals surface area contributed by atoms with E-state index in [1.165, 1.54) is 5.69 Å². The van der Waals surface area contributed by atoms with Crippen molar-refractivity contribution in [3.8, 4) is 0 Å². The van der Waals surface area contributed by atoms with E-state index in [1.807, 2.05) is 18.7 Å². The van der Waals surface area contributed by atoms with E-state index in [9.17, 15) is 4.79 Å². The van der Waals surface area contributed by atoms with Gasteiger partial charge in [-0.3, -0.25) is 14.8 Å². The third-order valence-electron chi connectivity index (χ3n) is 5.68. The smallest absolute Gasteiger partial charge is 0.274 e. The summed E-state index contributed by atoms with van der Waals surface area (Å²) < 4.78 is 0. The maximum atomic E-state index is 13.0. The van der Waals surface area contributed by atoms with Gasteiger partial charge in [0.15, 0.2) is 0 Å². The Balaban J connectivity index is 1.58. The molecule has 4 rings (SSSR count). The number of anilines is 1. The minimum Gasteiger partial charge on any atom is -0.369 e. The van der Waals surface area contributed by atoms with Crippen molar-refractivity contribution in [3.05, 3.63) is 47.3 Å². The van der Waals surface area contributed by atoms with E-state index in [0.717, 1.165) is 62.6 Å². The third kappa shape index (κ3) is 3.85. The Hall–Kier alpha value is -2.54. The highest BCUT2D eigenvalue weighted by atomic mass is 16.2. The quantitative estimate of drug-likeness (QED) is 0.814. The first-order chi connectivity index (χ1) is 13.5. The van der Waals surface area contributed by atoms with Crippen molar-refractivity contribution in [2.75, 3.05) is 44.7 Å². The van der Waals surface area contributed by atoms with Crippen molar-refractivity contribution >= 4 is 11.6 Å². The zero-order valence-electron chi connectivity index (χ0n) is 16.9. The highest BCUT2D eigenvalue weighted by Gasteiger charge is 2.33. The van der Waals surface area contributed by atoms with Crippen LogP contribution >= 0.6 is 0 Å². The molecular formula is C21H28N6O. The number of piperazine rings is 1. The van der Waals surface area contributed by atoms with E-state index in [-0.39, 0.29) is 11.9 Å². The summed E-state index contributed by atoms with van der Waals surface area (Å²) in [6, 6.07) is 4.33. The molecule has 0 spiro atoms. The predicted molar refractivity (Wildman–Crippen MR) is 108 cm³/mol. The molecule has 7 heteroatoms. The van der Waals surface area contributed by atoms with Crippen molar-refractivity contribution in [1.29, 1.82) is 0 Å². The maximum absolute atomic E-state index is 13.0. The average molecular weight is 380 g/mol. The number of likely N-dealkylation sites (tertiary alicyclic amines) is 1. The minimum atomic E-state index is -0.0561. The second-order valence-corrected chi connectivity index (χ2v) is 7.88. The number of amides is 1. The molecule has 0 N–H and O–H groups in total. The second kappa shape index (κ2) is 7.83. The largest absolute Gasteiger partial charge is 0.369 e. The third-order valence-corrected chi connectivity index (χ3v) is 5.68. The molecule has 0 saturated carbocycles. The number of rotatable bonds is 3. The van der Waals surface area contributed by atoms with Gasteiger partial charge in [-0.05, 0) is 45.9 Å². The van der Waals surface area contributed by atoms with Crippen LogP contribution in [0.5, 0.6) is 0 Å². The average Bonchev–Trinajstić information content (AvgIpc) is 3.18. The summed E-state index contributed by atoms with van der Waals surface area (Å²) >= 11 is 0. The molecule has 7 nitrogen and oxygen atoms in total. The second-order valence-electron chi connectivity index (χ2n) is 7.88. The van der Waals surface area contributed by atoms with Crippen molar-refractivity contribution in [2.45, 2.75) is 32.7 Å². The lowest BCUT2D eigenvalue weighted by atomic mass is 10.1. The Morgan fingerprint density at radius 3 is 2.50 bits per heavy atom. The van der Waals surface area contributed by atoms with Gasteiger partial charge >= 0.3 is 0 Å². The SMILES string of the molecule is Cc1cnc(C(=O)N2CCC[C@@H]2c2cc(N3CCN(C)CC3)cc(C)n2)cn1. The standard InChI is InChI=1S/C21H28N6O/c1-15-11-17(26-9-7-25(3)8-10-26)12-18(24-15)20-5-4-6-27(20)21(28)19-14-22-16(2)13-23-19/h11-14,20H,4-10H2,1-3H3/t20-/m1/s1. The number of hydrogen-bond acceptors (Lipinski definition) is 6. The number of carbonyl (C=O) groups is 1. The van der Waals surface area contributed by atoms with E-state index in [0.29, 0.717) is 5.69 Å². The molecule has 0 unspecified atom stereocenters. The first-order valence-corrected chi connectivity index (χ1v) is 10.0. The van der Waals surface area contributed by atoms with Crippen LogP contribution in [0.2, 0.25) is 0 Å². The molecule has 148 valence electrons. The summed E-state index contributed by atoms with van der Waals surface area (Å²) in [6.07, 6.45) is 5.14. The van der Waals surface area contributed by atoms with Crippen LogP contribution in [0.1, 0.15) is 46.5 Å². The van der Waals surface area contributed by atoms with Gasteiger partial charge in [0.1, 0.15) is 5.69 Å². The molecule has 28 heavy (non-hydrogen) atoms. The summed E-state index contributed by atoms with van der Waals surface area (Å²) in [4.78, 5) is 33.0. The highest BCUT2D eigenvalue weighted by molar-refractivity contribution is 5.92. The summed E-state index contributed by atoms with van der Waals surface area (Å²) in [5.41, 5.74) is 4.42. The van der Waals surface area contributed by atoms with Crippen molar-refractivity contribution in [1.82, 2.24) is 24.8 Å². The Bertz CT molecular complexity index is 844. The molecule has 0 aliphatic carbocycles. The summed E-state index contributed by atoms with van der Waals surface area (Å²) in [6.45, 7) is 8.82. The molecule has 4 heterocycles. The molecule has 2 aliphatic heterocycles. The monoisotopic (exact) mass is 380 g/mol. The first kappa shape index (κ1) is 18.8. The zero-order valence-corrected chi connectivity index (χ0v) is 16.9. The summed E-state index contributed by atoms with van der Waals surface area (Å²) in [5.74, 6) is -0.0561. The topological polar surface area (TPSA) is 65.5 Å². The summed E-state index contributed by atoms with van der Waals surface area (Å²) in [5, 5.41) is 0. The first-order valence-electron chi connectivity index (χ1n) is 10.0.